The van der Waals surface area contributed by atoms with Gasteiger partial charge in [-0.15, -0.1) is 4.91 Å². The lowest BCUT2D eigenvalue weighted by molar-refractivity contribution is 0.546. The molecule has 1 aromatic rings. The minimum Gasteiger partial charge on any atom is -0.391 e. The number of nitrogens with two attached hydrogens (primary N) is 1. The number of hydrogen-bond acceptors (Lipinski definition) is 5. The van der Waals surface area contributed by atoms with E-state index in [-0.39, 0.29) is 18.1 Å². The molecule has 0 radical (unpaired) electrons. The van der Waals surface area contributed by atoms with Gasteiger partial charge in [-0.05, 0) is 18.0 Å². The van der Waals surface area contributed by atoms with Gasteiger partial charge in [0.25, 0.3) is 5.56 Å². The second-order valence-corrected chi connectivity index (χ2v) is 3.72. The van der Waals surface area contributed by atoms with E-state index in [2.05, 4.69) is 5.18 Å². The zero-order valence-corrected chi connectivity index (χ0v) is 9.97. The van der Waals surface area contributed by atoms with Crippen LogP contribution in [0.4, 0.5) is 11.5 Å². The fourth-order valence-corrected chi connectivity index (χ4v) is 1.65. The average molecular weight is 240 g/mol. The van der Waals surface area contributed by atoms with Gasteiger partial charge in [-0.1, -0.05) is 13.8 Å². The van der Waals surface area contributed by atoms with Gasteiger partial charge in [-0.25, -0.2) is 4.79 Å². The van der Waals surface area contributed by atoms with E-state index in [1.165, 1.54) is 0 Å². The van der Waals surface area contributed by atoms with Crippen molar-refractivity contribution in [3.8, 4) is 0 Å². The zero-order chi connectivity index (χ0) is 13.0. The summed E-state index contributed by atoms with van der Waals surface area (Å²) in [4.78, 5) is 34.4. The summed E-state index contributed by atoms with van der Waals surface area (Å²) in [6.07, 6.45) is 1.28. The lowest BCUT2D eigenvalue weighted by Gasteiger charge is -2.12. The van der Waals surface area contributed by atoms with Crippen LogP contribution in [0.1, 0.15) is 26.7 Å². The molecule has 0 aliphatic heterocycles. The molecule has 0 atom stereocenters. The number of anilines is 1. The van der Waals surface area contributed by atoms with E-state index in [1.54, 1.807) is 0 Å². The second-order valence-electron chi connectivity index (χ2n) is 3.72. The topological polar surface area (TPSA) is 99.4 Å². The van der Waals surface area contributed by atoms with Gasteiger partial charge in [-0.3, -0.25) is 13.9 Å². The summed E-state index contributed by atoms with van der Waals surface area (Å²) in [6.45, 7) is 4.30. The first kappa shape index (κ1) is 13.1. The zero-order valence-electron chi connectivity index (χ0n) is 9.97. The van der Waals surface area contributed by atoms with E-state index in [9.17, 15) is 14.5 Å². The largest absolute Gasteiger partial charge is 0.391 e. The van der Waals surface area contributed by atoms with E-state index in [0.29, 0.717) is 19.4 Å². The molecule has 0 bridgehead atoms. The highest BCUT2D eigenvalue weighted by Crippen LogP contribution is 2.15. The minimum absolute atomic E-state index is 0.262. The van der Waals surface area contributed by atoms with Crippen molar-refractivity contribution >= 4 is 11.5 Å². The van der Waals surface area contributed by atoms with Gasteiger partial charge in [0, 0.05) is 13.1 Å². The summed E-state index contributed by atoms with van der Waals surface area (Å²) in [5, 5.41) is 2.69. The van der Waals surface area contributed by atoms with Crippen LogP contribution >= 0.6 is 0 Å². The van der Waals surface area contributed by atoms with Crippen molar-refractivity contribution in [3.63, 3.8) is 0 Å². The SMILES string of the molecule is CCCn1c(N=O)c(N)c(=O)n(CCC)c1=O. The molecule has 0 amide bonds. The smallest absolute Gasteiger partial charge is 0.332 e. The maximum absolute atomic E-state index is 12.0. The molecule has 0 spiro atoms. The van der Waals surface area contributed by atoms with Crippen LogP contribution in [0.3, 0.4) is 0 Å². The molecule has 0 aliphatic carbocycles. The van der Waals surface area contributed by atoms with Crippen LogP contribution < -0.4 is 17.0 Å². The molecule has 2 N–H and O–H groups in total. The van der Waals surface area contributed by atoms with E-state index >= 15 is 0 Å². The molecule has 17 heavy (non-hydrogen) atoms. The Balaban J connectivity index is 3.63. The first-order chi connectivity index (χ1) is 8.08. The lowest BCUT2D eigenvalue weighted by Crippen LogP contribution is -2.41. The molecule has 7 nitrogen and oxygen atoms in total. The van der Waals surface area contributed by atoms with E-state index in [4.69, 9.17) is 5.73 Å². The van der Waals surface area contributed by atoms with Crippen LogP contribution in [-0.4, -0.2) is 9.13 Å². The number of nitrogens with zero attached hydrogens (tertiary/aromatic N) is 3. The maximum Gasteiger partial charge on any atom is 0.332 e. The molecule has 0 fully saturated rings. The molecule has 1 heterocycles. The Morgan fingerprint density at radius 1 is 1.12 bits per heavy atom. The average Bonchev–Trinajstić information content (AvgIpc) is 2.32. The van der Waals surface area contributed by atoms with Crippen LogP contribution in [0, 0.1) is 4.91 Å². The van der Waals surface area contributed by atoms with Crippen LogP contribution in [0.2, 0.25) is 0 Å². The van der Waals surface area contributed by atoms with E-state index < -0.39 is 11.2 Å². The normalized spacial score (nSPS) is 10.5. The number of rotatable bonds is 5. The van der Waals surface area contributed by atoms with Crippen molar-refractivity contribution in [2.75, 3.05) is 5.73 Å². The maximum atomic E-state index is 12.0. The Bertz CT molecular complexity index is 530. The molecule has 0 unspecified atom stereocenters. The standard InChI is InChI=1S/C10H16N4O3/c1-3-5-13-8(12-17)7(11)9(15)14(6-4-2)10(13)16/h3-6,11H2,1-2H3. The van der Waals surface area contributed by atoms with Crippen molar-refractivity contribution in [3.05, 3.63) is 25.7 Å². The van der Waals surface area contributed by atoms with Gasteiger partial charge < -0.3 is 5.73 Å². The minimum atomic E-state index is -0.640. The molecule has 0 saturated carbocycles. The summed E-state index contributed by atoms with van der Waals surface area (Å²) < 4.78 is 2.19. The second kappa shape index (κ2) is 5.42. The van der Waals surface area contributed by atoms with E-state index in [1.807, 2.05) is 13.8 Å². The quantitative estimate of drug-likeness (QED) is 0.769. The van der Waals surface area contributed by atoms with Gasteiger partial charge in [0.1, 0.15) is 5.69 Å². The predicted octanol–water partition coefficient (Wildman–Crippen LogP) is 0.810. The summed E-state index contributed by atoms with van der Waals surface area (Å²) >= 11 is 0. The molecular weight excluding hydrogens is 224 g/mol. The van der Waals surface area contributed by atoms with Crippen LogP contribution in [0.15, 0.2) is 14.8 Å². The van der Waals surface area contributed by atoms with Crippen LogP contribution in [0.5, 0.6) is 0 Å². The highest BCUT2D eigenvalue weighted by atomic mass is 16.3. The summed E-state index contributed by atoms with van der Waals surface area (Å²) in [6, 6.07) is 0. The fraction of sp³-hybridized carbons (Fsp3) is 0.600. The number of hydrogen-bond donors (Lipinski definition) is 1. The van der Waals surface area contributed by atoms with Gasteiger partial charge in [0.05, 0.1) is 0 Å². The third kappa shape index (κ3) is 2.27. The Morgan fingerprint density at radius 3 is 2.12 bits per heavy atom. The van der Waals surface area contributed by atoms with Crippen molar-refractivity contribution in [1.82, 2.24) is 9.13 Å². The molecule has 1 aromatic heterocycles. The fourth-order valence-electron chi connectivity index (χ4n) is 1.65. The number of aromatic nitrogens is 2. The van der Waals surface area contributed by atoms with Gasteiger partial charge in [0.2, 0.25) is 5.82 Å². The van der Waals surface area contributed by atoms with E-state index in [0.717, 1.165) is 9.13 Å². The lowest BCUT2D eigenvalue weighted by atomic mass is 10.4. The van der Waals surface area contributed by atoms with Gasteiger partial charge in [0.15, 0.2) is 0 Å². The van der Waals surface area contributed by atoms with Crippen molar-refractivity contribution in [2.24, 2.45) is 5.18 Å². The number of nitrogen functional groups attached to an aromatic ring is 1. The Morgan fingerprint density at radius 2 is 1.65 bits per heavy atom. The van der Waals surface area contributed by atoms with Crippen LogP contribution in [0.25, 0.3) is 0 Å². The third-order valence-electron chi connectivity index (χ3n) is 2.41. The molecule has 94 valence electrons. The van der Waals surface area contributed by atoms with Gasteiger partial charge in [-0.2, -0.15) is 0 Å². The van der Waals surface area contributed by atoms with Crippen LogP contribution in [-0.2, 0) is 13.1 Å². The first-order valence-corrected chi connectivity index (χ1v) is 5.54. The Labute approximate surface area is 97.8 Å². The number of nitroso groups, excluding NO2 is 1. The summed E-state index contributed by atoms with van der Waals surface area (Å²) in [7, 11) is 0. The monoisotopic (exact) mass is 240 g/mol. The van der Waals surface area contributed by atoms with Crippen molar-refractivity contribution in [1.29, 1.82) is 0 Å². The molecule has 1 rings (SSSR count). The first-order valence-electron chi connectivity index (χ1n) is 5.54. The highest BCUT2D eigenvalue weighted by Gasteiger charge is 2.16. The summed E-state index contributed by atoms with van der Waals surface area (Å²) in [5.74, 6) is -0.269. The molecule has 0 saturated heterocycles. The van der Waals surface area contributed by atoms with Crippen molar-refractivity contribution < 1.29 is 0 Å². The summed E-state index contributed by atoms with van der Waals surface area (Å²) in [5.41, 5.74) is 4.11. The Hall–Kier alpha value is -1.92. The third-order valence-corrected chi connectivity index (χ3v) is 2.41. The molecule has 0 aliphatic rings. The predicted molar refractivity (Wildman–Crippen MR) is 65.4 cm³/mol. The molecule has 7 heteroatoms. The molecular formula is C10H16N4O3. The van der Waals surface area contributed by atoms with Gasteiger partial charge >= 0.3 is 5.69 Å². The van der Waals surface area contributed by atoms with Crippen molar-refractivity contribution in [2.45, 2.75) is 39.8 Å². The Kier molecular flexibility index (Phi) is 4.19. The molecule has 0 aromatic carbocycles. The highest BCUT2D eigenvalue weighted by molar-refractivity contribution is 5.55.